The zero-order valence-electron chi connectivity index (χ0n) is 8.39. The summed E-state index contributed by atoms with van der Waals surface area (Å²) in [4.78, 5) is 2.70. The van der Waals surface area contributed by atoms with E-state index >= 15 is 0 Å². The summed E-state index contributed by atoms with van der Waals surface area (Å²) in [5, 5.41) is 3.35. The van der Waals surface area contributed by atoms with Gasteiger partial charge < -0.3 is 10.2 Å². The summed E-state index contributed by atoms with van der Waals surface area (Å²) in [5.74, 6) is 0.996. The van der Waals surface area contributed by atoms with Gasteiger partial charge in [0.25, 0.3) is 0 Å². The molecule has 0 amide bonds. The molecule has 0 unspecified atom stereocenters. The second-order valence-electron chi connectivity index (χ2n) is 5.34. The second-order valence-corrected chi connectivity index (χ2v) is 5.34. The standard InChI is InChI=1S/C11H20N2/c1(10-7-12-8-10)5-13-6-4-11(9-13)2-3-11/h10,12H,1-9H2. The van der Waals surface area contributed by atoms with Crippen molar-refractivity contribution in [2.24, 2.45) is 11.3 Å². The van der Waals surface area contributed by atoms with Crippen molar-refractivity contribution >= 4 is 0 Å². The van der Waals surface area contributed by atoms with E-state index in [0.29, 0.717) is 0 Å². The summed E-state index contributed by atoms with van der Waals surface area (Å²) < 4.78 is 0. The van der Waals surface area contributed by atoms with Gasteiger partial charge in [0.1, 0.15) is 0 Å². The highest BCUT2D eigenvalue weighted by Gasteiger charge is 2.47. The van der Waals surface area contributed by atoms with E-state index in [0.717, 1.165) is 11.3 Å². The predicted molar refractivity (Wildman–Crippen MR) is 53.7 cm³/mol. The van der Waals surface area contributed by atoms with Crippen molar-refractivity contribution in [2.45, 2.75) is 25.7 Å². The van der Waals surface area contributed by atoms with Crippen LogP contribution in [-0.2, 0) is 0 Å². The Morgan fingerprint density at radius 2 is 2.08 bits per heavy atom. The van der Waals surface area contributed by atoms with Gasteiger partial charge in [-0.2, -0.15) is 0 Å². The van der Waals surface area contributed by atoms with Crippen LogP contribution in [0.15, 0.2) is 0 Å². The van der Waals surface area contributed by atoms with Crippen molar-refractivity contribution in [1.82, 2.24) is 10.2 Å². The van der Waals surface area contributed by atoms with Gasteiger partial charge in [-0.3, -0.25) is 0 Å². The molecule has 1 spiro atoms. The second kappa shape index (κ2) is 2.96. The van der Waals surface area contributed by atoms with Crippen LogP contribution in [0.3, 0.4) is 0 Å². The summed E-state index contributed by atoms with van der Waals surface area (Å²) in [7, 11) is 0. The zero-order chi connectivity index (χ0) is 8.73. The zero-order valence-corrected chi connectivity index (χ0v) is 8.39. The fourth-order valence-corrected chi connectivity index (χ4v) is 2.72. The summed E-state index contributed by atoms with van der Waals surface area (Å²) in [6.07, 6.45) is 5.97. The Morgan fingerprint density at radius 1 is 1.23 bits per heavy atom. The molecule has 1 aliphatic carbocycles. The molecular weight excluding hydrogens is 160 g/mol. The Balaban J connectivity index is 1.41. The van der Waals surface area contributed by atoms with Gasteiger partial charge in [0, 0.05) is 6.54 Å². The molecule has 3 fully saturated rings. The van der Waals surface area contributed by atoms with Gasteiger partial charge in [-0.25, -0.2) is 0 Å². The molecule has 2 aliphatic heterocycles. The number of nitrogens with zero attached hydrogens (tertiary/aromatic N) is 1. The molecule has 2 nitrogen and oxygen atoms in total. The first-order chi connectivity index (χ1) is 6.36. The first-order valence-electron chi connectivity index (χ1n) is 5.79. The topological polar surface area (TPSA) is 15.3 Å². The number of likely N-dealkylation sites (tertiary alicyclic amines) is 1. The minimum Gasteiger partial charge on any atom is -0.316 e. The van der Waals surface area contributed by atoms with Crippen LogP contribution in [0.5, 0.6) is 0 Å². The third kappa shape index (κ3) is 1.62. The average molecular weight is 180 g/mol. The third-order valence-electron chi connectivity index (χ3n) is 4.19. The number of nitrogens with one attached hydrogen (secondary N) is 1. The molecule has 2 heteroatoms. The Morgan fingerprint density at radius 3 is 2.62 bits per heavy atom. The van der Waals surface area contributed by atoms with Gasteiger partial charge in [-0.15, -0.1) is 0 Å². The lowest BCUT2D eigenvalue weighted by Crippen LogP contribution is -2.43. The summed E-state index contributed by atoms with van der Waals surface area (Å²) >= 11 is 0. The Labute approximate surface area is 80.7 Å². The van der Waals surface area contributed by atoms with Crippen LogP contribution in [0.25, 0.3) is 0 Å². The van der Waals surface area contributed by atoms with Gasteiger partial charge >= 0.3 is 0 Å². The van der Waals surface area contributed by atoms with E-state index in [4.69, 9.17) is 0 Å². The number of hydrogen-bond donors (Lipinski definition) is 1. The molecule has 0 bridgehead atoms. The Kier molecular flexibility index (Phi) is 1.88. The molecule has 3 rings (SSSR count). The fourth-order valence-electron chi connectivity index (χ4n) is 2.72. The van der Waals surface area contributed by atoms with Crippen molar-refractivity contribution in [3.05, 3.63) is 0 Å². The van der Waals surface area contributed by atoms with Crippen LogP contribution in [0.2, 0.25) is 0 Å². The first-order valence-corrected chi connectivity index (χ1v) is 5.79. The molecule has 0 aromatic carbocycles. The van der Waals surface area contributed by atoms with E-state index < -0.39 is 0 Å². The van der Waals surface area contributed by atoms with Gasteiger partial charge in [0.2, 0.25) is 0 Å². The highest BCUT2D eigenvalue weighted by atomic mass is 15.2. The smallest absolute Gasteiger partial charge is 0.00385 e. The Bertz CT molecular complexity index is 194. The van der Waals surface area contributed by atoms with Crippen molar-refractivity contribution in [2.75, 3.05) is 32.7 Å². The van der Waals surface area contributed by atoms with Crippen LogP contribution in [-0.4, -0.2) is 37.6 Å². The maximum Gasteiger partial charge on any atom is 0.00385 e. The fraction of sp³-hybridized carbons (Fsp3) is 1.00. The monoisotopic (exact) mass is 180 g/mol. The van der Waals surface area contributed by atoms with E-state index in [-0.39, 0.29) is 0 Å². The van der Waals surface area contributed by atoms with Crippen molar-refractivity contribution < 1.29 is 0 Å². The molecule has 0 atom stereocenters. The Hall–Kier alpha value is -0.0800. The van der Waals surface area contributed by atoms with Gasteiger partial charge in [0.15, 0.2) is 0 Å². The predicted octanol–water partition coefficient (Wildman–Crippen LogP) is 1.08. The molecule has 2 heterocycles. The van der Waals surface area contributed by atoms with Crippen molar-refractivity contribution in [1.29, 1.82) is 0 Å². The summed E-state index contributed by atoms with van der Waals surface area (Å²) in [6.45, 7) is 6.74. The SMILES string of the molecule is C(CN1CCC2(CC2)C1)C1CNC1. The lowest BCUT2D eigenvalue weighted by atomic mass is 9.99. The van der Waals surface area contributed by atoms with Crippen LogP contribution >= 0.6 is 0 Å². The normalized spacial score (nSPS) is 32.3. The third-order valence-corrected chi connectivity index (χ3v) is 4.19. The van der Waals surface area contributed by atoms with Gasteiger partial charge in [-0.05, 0) is 63.2 Å². The lowest BCUT2D eigenvalue weighted by molar-refractivity contribution is 0.250. The molecule has 0 radical (unpaired) electrons. The highest BCUT2D eigenvalue weighted by Crippen LogP contribution is 2.52. The van der Waals surface area contributed by atoms with Gasteiger partial charge in [-0.1, -0.05) is 0 Å². The minimum atomic E-state index is 0.831. The van der Waals surface area contributed by atoms with Crippen molar-refractivity contribution in [3.63, 3.8) is 0 Å². The summed E-state index contributed by atoms with van der Waals surface area (Å²) in [5.41, 5.74) is 0.831. The molecule has 74 valence electrons. The van der Waals surface area contributed by atoms with Crippen LogP contribution in [0.1, 0.15) is 25.7 Å². The minimum absolute atomic E-state index is 0.831. The molecule has 0 aromatic rings. The number of rotatable bonds is 3. The van der Waals surface area contributed by atoms with E-state index in [9.17, 15) is 0 Å². The summed E-state index contributed by atoms with van der Waals surface area (Å²) in [6, 6.07) is 0. The van der Waals surface area contributed by atoms with Crippen LogP contribution in [0, 0.1) is 11.3 Å². The van der Waals surface area contributed by atoms with E-state index in [1.54, 1.807) is 0 Å². The molecular formula is C11H20N2. The average Bonchev–Trinajstić information content (AvgIpc) is 2.64. The number of hydrogen-bond acceptors (Lipinski definition) is 2. The molecule has 3 aliphatic rings. The molecule has 1 N–H and O–H groups in total. The maximum absolute atomic E-state index is 3.35. The van der Waals surface area contributed by atoms with E-state index in [1.165, 1.54) is 58.4 Å². The largest absolute Gasteiger partial charge is 0.316 e. The van der Waals surface area contributed by atoms with E-state index in [2.05, 4.69) is 10.2 Å². The quantitative estimate of drug-likeness (QED) is 0.699. The molecule has 2 saturated heterocycles. The van der Waals surface area contributed by atoms with E-state index in [1.807, 2.05) is 0 Å². The molecule has 13 heavy (non-hydrogen) atoms. The lowest BCUT2D eigenvalue weighted by Gasteiger charge is -2.28. The first kappa shape index (κ1) is 8.25. The van der Waals surface area contributed by atoms with Crippen LogP contribution < -0.4 is 5.32 Å². The molecule has 0 aromatic heterocycles. The van der Waals surface area contributed by atoms with Crippen molar-refractivity contribution in [3.8, 4) is 0 Å². The maximum atomic E-state index is 3.35. The highest BCUT2D eigenvalue weighted by molar-refractivity contribution is 5.00. The van der Waals surface area contributed by atoms with Crippen LogP contribution in [0.4, 0.5) is 0 Å². The van der Waals surface area contributed by atoms with Gasteiger partial charge in [0.05, 0.1) is 0 Å². The molecule has 1 saturated carbocycles.